The number of anilines is 1. The molecule has 4 rings (SSSR count). The van der Waals surface area contributed by atoms with Crippen LogP contribution in [0, 0.1) is 0 Å². The first-order valence-electron chi connectivity index (χ1n) is 12.5. The molecule has 2 aromatic carbocycles. The fraction of sp³-hybridized carbons (Fsp3) is 0.346. The molecule has 2 heterocycles. The van der Waals surface area contributed by atoms with E-state index in [-0.39, 0.29) is 24.6 Å². The van der Waals surface area contributed by atoms with Crippen LogP contribution in [-0.4, -0.2) is 57.4 Å². The molecule has 1 unspecified atom stereocenters. The third-order valence-corrected chi connectivity index (χ3v) is 9.06. The molecule has 214 valence electrons. The van der Waals surface area contributed by atoms with Gasteiger partial charge >= 0.3 is 19.4 Å². The first-order chi connectivity index (χ1) is 19.2. The van der Waals surface area contributed by atoms with Gasteiger partial charge in [0, 0.05) is 6.20 Å². The molecule has 3 aromatic rings. The molecule has 1 saturated heterocycles. The summed E-state index contributed by atoms with van der Waals surface area (Å²) < 4.78 is 46.8. The Kier molecular flexibility index (Phi) is 9.99. The van der Waals surface area contributed by atoms with Crippen molar-refractivity contribution in [1.82, 2.24) is 14.6 Å². The van der Waals surface area contributed by atoms with Gasteiger partial charge in [0.15, 0.2) is 6.17 Å². The largest absolute Gasteiger partial charge is 0.465 e. The number of hydrogen-bond donors (Lipinski definition) is 3. The van der Waals surface area contributed by atoms with Crippen molar-refractivity contribution in [3.63, 3.8) is 0 Å². The minimum atomic E-state index is -4.31. The van der Waals surface area contributed by atoms with E-state index in [1.807, 2.05) is 6.07 Å². The number of nitrogen functional groups attached to an aromatic ring is 1. The maximum absolute atomic E-state index is 15.1. The number of carbonyl (C=O) groups is 1. The molecule has 14 heteroatoms. The number of esters is 1. The van der Waals surface area contributed by atoms with Gasteiger partial charge in [-0.15, -0.1) is 11.8 Å². The van der Waals surface area contributed by atoms with E-state index in [0.29, 0.717) is 0 Å². The average molecular weight is 593 g/mol. The molecule has 0 aliphatic carbocycles. The SMILES string of the molecule is CCOC(=O)[C@H](Cc1ccccc1)NP(=O)(OC[C@H]1S[C@@H](n2ccc(N)nc2=O)[C@@H](F)[C@@H]1O)Oc1ccccc1. The van der Waals surface area contributed by atoms with Crippen LogP contribution in [0.5, 0.6) is 5.75 Å². The normalized spacial score (nSPS) is 22.8. The summed E-state index contributed by atoms with van der Waals surface area (Å²) in [6.07, 6.45) is -2.00. The summed E-state index contributed by atoms with van der Waals surface area (Å²) in [5.41, 5.74) is 5.52. The topological polar surface area (TPSA) is 155 Å². The van der Waals surface area contributed by atoms with Gasteiger partial charge in [-0.25, -0.2) is 13.8 Å². The molecular weight excluding hydrogens is 562 g/mol. The zero-order chi connectivity index (χ0) is 28.7. The first kappa shape index (κ1) is 29.8. The van der Waals surface area contributed by atoms with Crippen molar-refractivity contribution in [1.29, 1.82) is 0 Å². The Bertz CT molecular complexity index is 1380. The number of aliphatic hydroxyl groups excluding tert-OH is 1. The molecule has 1 aliphatic heterocycles. The number of alkyl halides is 1. The summed E-state index contributed by atoms with van der Waals surface area (Å²) in [5.74, 6) is -0.487. The number of aliphatic hydroxyl groups is 1. The molecule has 0 bridgehead atoms. The summed E-state index contributed by atoms with van der Waals surface area (Å²) in [4.78, 5) is 28.7. The van der Waals surface area contributed by atoms with Crippen molar-refractivity contribution >= 4 is 31.3 Å². The molecular formula is C26H30FN4O7PS. The van der Waals surface area contributed by atoms with Gasteiger partial charge in [0.1, 0.15) is 29.1 Å². The first-order valence-corrected chi connectivity index (χ1v) is 15.0. The van der Waals surface area contributed by atoms with Gasteiger partial charge in [0.2, 0.25) is 0 Å². The van der Waals surface area contributed by atoms with Gasteiger partial charge in [-0.2, -0.15) is 10.1 Å². The number of aromatic nitrogens is 2. The van der Waals surface area contributed by atoms with Gasteiger partial charge < -0.3 is 20.1 Å². The Hall–Kier alpha value is -3.22. The van der Waals surface area contributed by atoms with E-state index >= 15 is 4.39 Å². The second-order valence-corrected chi connectivity index (χ2v) is 11.9. The van der Waals surface area contributed by atoms with E-state index in [2.05, 4.69) is 10.1 Å². The van der Waals surface area contributed by atoms with Crippen LogP contribution in [0.25, 0.3) is 0 Å². The van der Waals surface area contributed by atoms with E-state index < -0.39 is 55.0 Å². The van der Waals surface area contributed by atoms with Crippen LogP contribution in [0.1, 0.15) is 17.9 Å². The Balaban J connectivity index is 1.55. The van der Waals surface area contributed by atoms with E-state index in [4.69, 9.17) is 19.5 Å². The minimum absolute atomic E-state index is 0.0168. The molecule has 6 atom stereocenters. The van der Waals surface area contributed by atoms with Crippen LogP contribution in [0.2, 0.25) is 0 Å². The molecule has 4 N–H and O–H groups in total. The van der Waals surface area contributed by atoms with Crippen molar-refractivity contribution in [2.75, 3.05) is 18.9 Å². The molecule has 11 nitrogen and oxygen atoms in total. The fourth-order valence-corrected chi connectivity index (χ4v) is 7.07. The Labute approximate surface area is 234 Å². The number of hydrogen-bond acceptors (Lipinski definition) is 10. The minimum Gasteiger partial charge on any atom is -0.465 e. The molecule has 1 fully saturated rings. The lowest BCUT2D eigenvalue weighted by Gasteiger charge is -2.26. The lowest BCUT2D eigenvalue weighted by atomic mass is 10.1. The van der Waals surface area contributed by atoms with Crippen molar-refractivity contribution in [3.8, 4) is 5.75 Å². The van der Waals surface area contributed by atoms with Crippen LogP contribution in [0.15, 0.2) is 77.7 Å². The average Bonchev–Trinajstić information content (AvgIpc) is 3.21. The van der Waals surface area contributed by atoms with Gasteiger partial charge in [0.05, 0.1) is 18.5 Å². The molecule has 0 spiro atoms. The number of benzene rings is 2. The summed E-state index contributed by atoms with van der Waals surface area (Å²) in [5, 5.41) is 11.2. The number of para-hydroxylation sites is 1. The van der Waals surface area contributed by atoms with Crippen molar-refractivity contribution in [2.24, 2.45) is 0 Å². The Morgan fingerprint density at radius 1 is 1.20 bits per heavy atom. The zero-order valence-corrected chi connectivity index (χ0v) is 23.2. The highest BCUT2D eigenvalue weighted by Crippen LogP contribution is 2.49. The van der Waals surface area contributed by atoms with Crippen LogP contribution in [-0.2, 0) is 25.0 Å². The van der Waals surface area contributed by atoms with Crippen molar-refractivity contribution in [3.05, 3.63) is 89.0 Å². The highest BCUT2D eigenvalue weighted by Gasteiger charge is 2.46. The Morgan fingerprint density at radius 3 is 2.52 bits per heavy atom. The fourth-order valence-electron chi connectivity index (χ4n) is 4.03. The highest BCUT2D eigenvalue weighted by molar-refractivity contribution is 8.00. The second-order valence-electron chi connectivity index (χ2n) is 8.86. The number of nitrogens with two attached hydrogens (primary N) is 1. The molecule has 1 aliphatic rings. The summed E-state index contributed by atoms with van der Waals surface area (Å²) in [7, 11) is -4.31. The van der Waals surface area contributed by atoms with Crippen LogP contribution < -0.4 is 21.0 Å². The number of thioether (sulfide) groups is 1. The number of nitrogens with zero attached hydrogens (tertiary/aromatic N) is 2. The lowest BCUT2D eigenvalue weighted by Crippen LogP contribution is -2.40. The number of halogens is 1. The molecule has 0 radical (unpaired) electrons. The van der Waals surface area contributed by atoms with Crippen LogP contribution in [0.3, 0.4) is 0 Å². The highest BCUT2D eigenvalue weighted by atomic mass is 32.2. The Morgan fingerprint density at radius 2 is 1.88 bits per heavy atom. The van der Waals surface area contributed by atoms with E-state index in [1.54, 1.807) is 61.5 Å². The smallest absolute Gasteiger partial charge is 0.459 e. The van der Waals surface area contributed by atoms with Gasteiger partial charge in [0.25, 0.3) is 0 Å². The summed E-state index contributed by atoms with van der Waals surface area (Å²) in [6, 6.07) is 17.5. The number of ether oxygens (including phenoxy) is 1. The van der Waals surface area contributed by atoms with E-state index in [9.17, 15) is 19.3 Å². The molecule has 0 saturated carbocycles. The second kappa shape index (κ2) is 13.4. The summed E-state index contributed by atoms with van der Waals surface area (Å²) in [6.45, 7) is 1.32. The number of nitrogens with one attached hydrogen (secondary N) is 1. The monoisotopic (exact) mass is 592 g/mol. The van der Waals surface area contributed by atoms with Crippen molar-refractivity contribution < 1.29 is 32.6 Å². The third-order valence-electron chi connectivity index (χ3n) is 5.96. The number of carbonyl (C=O) groups excluding carboxylic acids is 1. The van der Waals surface area contributed by atoms with Gasteiger partial charge in [-0.3, -0.25) is 13.9 Å². The zero-order valence-electron chi connectivity index (χ0n) is 21.5. The van der Waals surface area contributed by atoms with E-state index in [1.165, 1.54) is 12.3 Å². The molecule has 40 heavy (non-hydrogen) atoms. The van der Waals surface area contributed by atoms with E-state index in [0.717, 1.165) is 21.9 Å². The van der Waals surface area contributed by atoms with Crippen LogP contribution in [0.4, 0.5) is 10.2 Å². The van der Waals surface area contributed by atoms with Crippen LogP contribution >= 0.6 is 19.5 Å². The molecule has 1 aromatic heterocycles. The quantitative estimate of drug-likeness (QED) is 0.210. The predicted octanol–water partition coefficient (Wildman–Crippen LogP) is 3.11. The number of rotatable bonds is 12. The van der Waals surface area contributed by atoms with Crippen molar-refractivity contribution in [2.45, 2.75) is 42.3 Å². The third kappa shape index (κ3) is 7.49. The van der Waals surface area contributed by atoms with Gasteiger partial charge in [-0.1, -0.05) is 48.5 Å². The summed E-state index contributed by atoms with van der Waals surface area (Å²) >= 11 is 0.919. The van der Waals surface area contributed by atoms with Gasteiger partial charge in [-0.05, 0) is 37.1 Å². The molecule has 0 amide bonds. The maximum Gasteiger partial charge on any atom is 0.459 e. The maximum atomic E-state index is 15.1. The predicted molar refractivity (Wildman–Crippen MR) is 149 cm³/mol. The standard InChI is InChI=1S/C26H30FN4O7PS/c1-2-36-25(33)19(15-17-9-5-3-6-10-17)30-39(35,38-18-11-7-4-8-12-18)37-16-20-23(32)22(27)24(40-20)31-14-13-21(28)29-26(31)34/h3-14,19-20,22-24,32H,2,15-16H2,1H3,(H,30,35)(H2,28,29,34)/t19-,20+,22-,23+,24+,39?/m0/s1. The lowest BCUT2D eigenvalue weighted by molar-refractivity contribution is -0.145.